The summed E-state index contributed by atoms with van der Waals surface area (Å²) in [6, 6.07) is 4.35. The van der Waals surface area contributed by atoms with Crippen molar-refractivity contribution >= 4 is 11.1 Å². The zero-order chi connectivity index (χ0) is 13.5. The van der Waals surface area contributed by atoms with Crippen molar-refractivity contribution in [2.75, 3.05) is 6.54 Å². The third kappa shape index (κ3) is 2.47. The summed E-state index contributed by atoms with van der Waals surface area (Å²) in [5.41, 5.74) is 1.05. The number of alkyl halides is 2. The summed E-state index contributed by atoms with van der Waals surface area (Å²) in [4.78, 5) is 4.12. The molecule has 1 fully saturated rings. The molecule has 1 saturated heterocycles. The average Bonchev–Trinajstić information content (AvgIpc) is 2.95. The number of halogens is 2. The minimum Gasteiger partial charge on any atom is -0.441 e. The maximum atomic E-state index is 14.2. The van der Waals surface area contributed by atoms with E-state index in [0.717, 1.165) is 19.4 Å². The van der Waals surface area contributed by atoms with E-state index in [4.69, 9.17) is 4.42 Å². The molecule has 2 aromatic rings. The number of aromatic nitrogens is 1. The molecular weight excluding hydrogens is 250 g/mol. The van der Waals surface area contributed by atoms with E-state index in [-0.39, 0.29) is 18.0 Å². The first-order valence-electron chi connectivity index (χ1n) is 6.53. The Hall–Kier alpha value is -1.49. The molecule has 0 spiro atoms. The maximum Gasteiger partial charge on any atom is 0.274 e. The lowest BCUT2D eigenvalue weighted by atomic mass is 10.00. The molecule has 0 bridgehead atoms. The van der Waals surface area contributed by atoms with E-state index in [0.29, 0.717) is 17.0 Å². The summed E-state index contributed by atoms with van der Waals surface area (Å²) >= 11 is 0. The van der Waals surface area contributed by atoms with Gasteiger partial charge in [0.25, 0.3) is 5.92 Å². The van der Waals surface area contributed by atoms with Crippen LogP contribution >= 0.6 is 0 Å². The highest BCUT2D eigenvalue weighted by Crippen LogP contribution is 2.36. The molecular formula is C14H16F2N2O. The van der Waals surface area contributed by atoms with E-state index in [9.17, 15) is 8.78 Å². The molecule has 2 heterocycles. The highest BCUT2D eigenvalue weighted by Gasteiger charge is 2.36. The van der Waals surface area contributed by atoms with Gasteiger partial charge in [0.15, 0.2) is 11.5 Å². The molecule has 3 rings (SSSR count). The normalized spacial score (nSPS) is 20.3. The van der Waals surface area contributed by atoms with E-state index in [1.54, 1.807) is 13.0 Å². The van der Waals surface area contributed by atoms with E-state index in [2.05, 4.69) is 10.3 Å². The number of aryl methyl sites for hydroxylation is 1. The largest absolute Gasteiger partial charge is 0.441 e. The Labute approximate surface area is 110 Å². The molecule has 0 radical (unpaired) electrons. The molecule has 102 valence electrons. The van der Waals surface area contributed by atoms with Gasteiger partial charge in [-0.15, -0.1) is 0 Å². The molecule has 3 nitrogen and oxygen atoms in total. The highest BCUT2D eigenvalue weighted by atomic mass is 19.3. The number of hydrogen-bond acceptors (Lipinski definition) is 3. The number of nitrogens with one attached hydrogen (secondary N) is 1. The second kappa shape index (κ2) is 4.56. The van der Waals surface area contributed by atoms with Gasteiger partial charge in [-0.1, -0.05) is 6.07 Å². The van der Waals surface area contributed by atoms with Crippen LogP contribution in [0.3, 0.4) is 0 Å². The van der Waals surface area contributed by atoms with Crippen molar-refractivity contribution in [3.8, 4) is 0 Å². The van der Waals surface area contributed by atoms with Gasteiger partial charge in [0.1, 0.15) is 5.52 Å². The van der Waals surface area contributed by atoms with Crippen LogP contribution in [0.15, 0.2) is 22.6 Å². The van der Waals surface area contributed by atoms with E-state index >= 15 is 0 Å². The number of nitrogens with zero attached hydrogens (tertiary/aromatic N) is 1. The maximum absolute atomic E-state index is 14.2. The topological polar surface area (TPSA) is 38.1 Å². The van der Waals surface area contributed by atoms with Gasteiger partial charge in [-0.3, -0.25) is 0 Å². The van der Waals surface area contributed by atoms with E-state index in [1.165, 1.54) is 12.1 Å². The van der Waals surface area contributed by atoms with Gasteiger partial charge < -0.3 is 9.73 Å². The summed E-state index contributed by atoms with van der Waals surface area (Å²) in [7, 11) is 0. The SMILES string of the molecule is Cc1nc2ccc(C(F)(F)CC3CCCN3)cc2o1. The Morgan fingerprint density at radius 2 is 2.32 bits per heavy atom. The Morgan fingerprint density at radius 3 is 3.05 bits per heavy atom. The minimum atomic E-state index is -2.84. The summed E-state index contributed by atoms with van der Waals surface area (Å²) in [6.07, 6.45) is 1.63. The van der Waals surface area contributed by atoms with Crippen LogP contribution < -0.4 is 5.32 Å². The molecule has 5 heteroatoms. The summed E-state index contributed by atoms with van der Waals surface area (Å²) in [6.45, 7) is 2.54. The molecule has 1 aliphatic rings. The van der Waals surface area contributed by atoms with Crippen molar-refractivity contribution in [2.24, 2.45) is 0 Å². The van der Waals surface area contributed by atoms with Gasteiger partial charge >= 0.3 is 0 Å². The molecule has 1 unspecified atom stereocenters. The molecule has 1 aromatic carbocycles. The second-order valence-electron chi connectivity index (χ2n) is 5.12. The monoisotopic (exact) mass is 266 g/mol. The fourth-order valence-corrected chi connectivity index (χ4v) is 2.63. The minimum absolute atomic E-state index is 0.00449. The lowest BCUT2D eigenvalue weighted by molar-refractivity contribution is -0.0212. The predicted molar refractivity (Wildman–Crippen MR) is 68.3 cm³/mol. The molecule has 1 aromatic heterocycles. The molecule has 1 aliphatic heterocycles. The molecule has 1 N–H and O–H groups in total. The zero-order valence-corrected chi connectivity index (χ0v) is 10.7. The third-order valence-corrected chi connectivity index (χ3v) is 3.58. The Bertz CT molecular complexity index is 588. The van der Waals surface area contributed by atoms with Gasteiger partial charge in [0.2, 0.25) is 0 Å². The Morgan fingerprint density at radius 1 is 1.47 bits per heavy atom. The van der Waals surface area contributed by atoms with Gasteiger partial charge in [-0.05, 0) is 31.5 Å². The van der Waals surface area contributed by atoms with Crippen LogP contribution in [0.2, 0.25) is 0 Å². The van der Waals surface area contributed by atoms with Crippen LogP contribution in [0.4, 0.5) is 8.78 Å². The third-order valence-electron chi connectivity index (χ3n) is 3.58. The highest BCUT2D eigenvalue weighted by molar-refractivity contribution is 5.73. The molecule has 0 aliphatic carbocycles. The fourth-order valence-electron chi connectivity index (χ4n) is 2.63. The molecule has 1 atom stereocenters. The van der Waals surface area contributed by atoms with Crippen LogP contribution in [0.25, 0.3) is 11.1 Å². The van der Waals surface area contributed by atoms with Crippen molar-refractivity contribution in [2.45, 2.75) is 38.2 Å². The molecule has 19 heavy (non-hydrogen) atoms. The summed E-state index contributed by atoms with van der Waals surface area (Å²) < 4.78 is 33.8. The van der Waals surface area contributed by atoms with Crippen molar-refractivity contribution in [3.05, 3.63) is 29.7 Å². The van der Waals surface area contributed by atoms with E-state index < -0.39 is 5.92 Å². The smallest absolute Gasteiger partial charge is 0.274 e. The van der Waals surface area contributed by atoms with Crippen LogP contribution in [-0.4, -0.2) is 17.6 Å². The van der Waals surface area contributed by atoms with Gasteiger partial charge in [0, 0.05) is 24.9 Å². The number of fused-ring (bicyclic) bond motifs is 1. The van der Waals surface area contributed by atoms with Crippen LogP contribution in [-0.2, 0) is 5.92 Å². The standard InChI is InChI=1S/C14H16F2N2O/c1-9-18-12-5-4-10(7-13(12)19-9)14(15,16)8-11-3-2-6-17-11/h4-5,7,11,17H,2-3,6,8H2,1H3. The second-order valence-corrected chi connectivity index (χ2v) is 5.12. The lowest BCUT2D eigenvalue weighted by Gasteiger charge is -2.20. The first-order valence-corrected chi connectivity index (χ1v) is 6.53. The van der Waals surface area contributed by atoms with Crippen molar-refractivity contribution < 1.29 is 13.2 Å². The van der Waals surface area contributed by atoms with Crippen molar-refractivity contribution in [3.63, 3.8) is 0 Å². The first-order chi connectivity index (χ1) is 9.04. The van der Waals surface area contributed by atoms with Crippen molar-refractivity contribution in [1.82, 2.24) is 10.3 Å². The van der Waals surface area contributed by atoms with Gasteiger partial charge in [-0.2, -0.15) is 0 Å². The zero-order valence-electron chi connectivity index (χ0n) is 10.7. The number of oxazole rings is 1. The number of benzene rings is 1. The Kier molecular flexibility index (Phi) is 3.01. The average molecular weight is 266 g/mol. The van der Waals surface area contributed by atoms with Crippen LogP contribution in [0.5, 0.6) is 0 Å². The van der Waals surface area contributed by atoms with Gasteiger partial charge in [0.05, 0.1) is 0 Å². The summed E-state index contributed by atoms with van der Waals surface area (Å²) in [5.74, 6) is -2.34. The van der Waals surface area contributed by atoms with Crippen LogP contribution in [0.1, 0.15) is 30.7 Å². The summed E-state index contributed by atoms with van der Waals surface area (Å²) in [5, 5.41) is 3.11. The van der Waals surface area contributed by atoms with Crippen molar-refractivity contribution in [1.29, 1.82) is 0 Å². The van der Waals surface area contributed by atoms with Crippen LogP contribution in [0, 0.1) is 6.92 Å². The van der Waals surface area contributed by atoms with Gasteiger partial charge in [-0.25, -0.2) is 13.8 Å². The quantitative estimate of drug-likeness (QED) is 0.925. The molecule has 0 saturated carbocycles. The first kappa shape index (κ1) is 12.5. The number of rotatable bonds is 3. The predicted octanol–water partition coefficient (Wildman–Crippen LogP) is 3.37. The number of hydrogen-bond donors (Lipinski definition) is 1. The lowest BCUT2D eigenvalue weighted by Crippen LogP contribution is -2.29. The fraction of sp³-hybridized carbons (Fsp3) is 0.500. The molecule has 0 amide bonds. The Balaban J connectivity index is 1.88. The van der Waals surface area contributed by atoms with E-state index in [1.807, 2.05) is 0 Å².